The molecule has 0 saturated heterocycles. The first-order chi connectivity index (χ1) is 27.7. The molecule has 0 N–H and O–H groups in total. The Hall–Kier alpha value is -4.30. The van der Waals surface area contributed by atoms with Crippen LogP contribution in [0.15, 0.2) is 103 Å². The van der Waals surface area contributed by atoms with Crippen molar-refractivity contribution in [3.05, 3.63) is 137 Å². The molecule has 6 aliphatic carbocycles. The van der Waals surface area contributed by atoms with Crippen LogP contribution in [0.4, 0.5) is 17.1 Å². The van der Waals surface area contributed by atoms with Crippen molar-refractivity contribution in [1.29, 1.82) is 0 Å². The number of hydrogen-bond donors (Lipinski definition) is 0. The van der Waals surface area contributed by atoms with Crippen LogP contribution in [-0.4, -0.2) is 0 Å². The first-order valence-corrected chi connectivity index (χ1v) is 22.8. The van der Waals surface area contributed by atoms with Gasteiger partial charge in [0.05, 0.1) is 5.69 Å². The minimum absolute atomic E-state index is 0.0230. The van der Waals surface area contributed by atoms with Gasteiger partial charge in [0.15, 0.2) is 5.75 Å². The van der Waals surface area contributed by atoms with Crippen molar-refractivity contribution in [2.75, 3.05) is 4.90 Å². The molecule has 1 heterocycles. The molecule has 0 amide bonds. The number of anilines is 3. The summed E-state index contributed by atoms with van der Waals surface area (Å²) < 4.78 is 7.67. The van der Waals surface area contributed by atoms with Gasteiger partial charge in [-0.15, -0.1) is 0 Å². The number of para-hydroxylation sites is 2. The molecular formula is C56H61NO. The van der Waals surface area contributed by atoms with Gasteiger partial charge in [-0.05, 0) is 160 Å². The fourth-order valence-corrected chi connectivity index (χ4v) is 15.0. The van der Waals surface area contributed by atoms with Gasteiger partial charge in [0.2, 0.25) is 0 Å². The van der Waals surface area contributed by atoms with E-state index >= 15 is 0 Å². The van der Waals surface area contributed by atoms with Crippen LogP contribution < -0.4 is 9.64 Å². The van der Waals surface area contributed by atoms with E-state index in [1.165, 1.54) is 113 Å². The molecule has 2 heteroatoms. The van der Waals surface area contributed by atoms with Gasteiger partial charge in [0, 0.05) is 33.5 Å². The summed E-state index contributed by atoms with van der Waals surface area (Å²) >= 11 is 0. The molecule has 6 unspecified atom stereocenters. The molecule has 5 aromatic carbocycles. The van der Waals surface area contributed by atoms with Crippen molar-refractivity contribution in [2.24, 2.45) is 29.1 Å². The van der Waals surface area contributed by atoms with Gasteiger partial charge in [-0.25, -0.2) is 0 Å². The van der Waals surface area contributed by atoms with Crippen LogP contribution in [0.25, 0.3) is 11.1 Å². The second kappa shape index (κ2) is 11.3. The summed E-state index contributed by atoms with van der Waals surface area (Å²) in [6, 6.07) is 40.3. The summed E-state index contributed by atoms with van der Waals surface area (Å²) in [5, 5.41) is 0. The highest BCUT2D eigenvalue weighted by molar-refractivity contribution is 5.86. The van der Waals surface area contributed by atoms with Gasteiger partial charge < -0.3 is 9.64 Å². The highest BCUT2D eigenvalue weighted by Crippen LogP contribution is 2.89. The lowest BCUT2D eigenvalue weighted by Gasteiger charge is -2.77. The third-order valence-corrected chi connectivity index (χ3v) is 18.1. The van der Waals surface area contributed by atoms with Crippen LogP contribution in [-0.2, 0) is 27.1 Å². The minimum atomic E-state index is -0.0230. The fraction of sp³-hybridized carbons (Fsp3) is 0.464. The number of benzene rings is 5. The summed E-state index contributed by atoms with van der Waals surface area (Å²) in [6.45, 7) is 19.6. The van der Waals surface area contributed by atoms with Gasteiger partial charge in [0.25, 0.3) is 0 Å². The van der Waals surface area contributed by atoms with E-state index in [1.54, 1.807) is 0 Å². The van der Waals surface area contributed by atoms with E-state index in [9.17, 15) is 0 Å². The maximum Gasteiger partial charge on any atom is 0.155 e. The van der Waals surface area contributed by atoms with Crippen LogP contribution in [0.3, 0.4) is 0 Å². The number of ether oxygens (including phenoxy) is 1. The summed E-state index contributed by atoms with van der Waals surface area (Å²) in [5.74, 6) is 5.34. The molecule has 58 heavy (non-hydrogen) atoms. The Kier molecular flexibility index (Phi) is 6.93. The average molecular weight is 764 g/mol. The third-order valence-electron chi connectivity index (χ3n) is 18.1. The van der Waals surface area contributed by atoms with Gasteiger partial charge >= 0.3 is 0 Å². The highest BCUT2D eigenvalue weighted by atomic mass is 16.5. The van der Waals surface area contributed by atoms with Crippen LogP contribution >= 0.6 is 0 Å². The molecule has 5 aromatic rings. The second-order valence-electron chi connectivity index (χ2n) is 22.7. The molecule has 1 aliphatic heterocycles. The van der Waals surface area contributed by atoms with Crippen molar-refractivity contribution in [3.8, 4) is 22.6 Å². The Morgan fingerprint density at radius 3 is 1.66 bits per heavy atom. The average Bonchev–Trinajstić information content (AvgIpc) is 3.74. The monoisotopic (exact) mass is 763 g/mol. The summed E-state index contributed by atoms with van der Waals surface area (Å²) in [6.07, 6.45) is 10.4. The number of rotatable bonds is 4. The van der Waals surface area contributed by atoms with Gasteiger partial charge in [-0.2, -0.15) is 0 Å². The van der Waals surface area contributed by atoms with Crippen molar-refractivity contribution >= 4 is 17.1 Å². The predicted octanol–water partition coefficient (Wildman–Crippen LogP) is 15.0. The van der Waals surface area contributed by atoms with E-state index in [4.69, 9.17) is 4.74 Å². The Morgan fingerprint density at radius 2 is 1.05 bits per heavy atom. The topological polar surface area (TPSA) is 12.5 Å². The number of fused-ring (bicyclic) bond motifs is 9. The third kappa shape index (κ3) is 4.35. The molecule has 4 saturated carbocycles. The van der Waals surface area contributed by atoms with E-state index in [0.29, 0.717) is 17.3 Å². The van der Waals surface area contributed by atoms with E-state index in [-0.39, 0.29) is 27.1 Å². The number of nitrogens with zero attached hydrogens (tertiary/aromatic N) is 1. The first kappa shape index (κ1) is 35.6. The van der Waals surface area contributed by atoms with Gasteiger partial charge in [-0.1, -0.05) is 128 Å². The highest BCUT2D eigenvalue weighted by Gasteiger charge is 2.84. The Morgan fingerprint density at radius 1 is 0.500 bits per heavy atom. The van der Waals surface area contributed by atoms with Crippen molar-refractivity contribution < 1.29 is 4.74 Å². The molecule has 2 spiro atoms. The van der Waals surface area contributed by atoms with E-state index in [0.717, 1.165) is 23.3 Å². The van der Waals surface area contributed by atoms with E-state index in [2.05, 4.69) is 163 Å². The molecule has 2 nitrogen and oxygen atoms in total. The van der Waals surface area contributed by atoms with Crippen molar-refractivity contribution in [1.82, 2.24) is 0 Å². The standard InChI is InChI=1S/C56H61NO/c1-51(2)24-26-53(5,6)44-31-37(20-22-40(44)51)57(38-21-23-41-45(32-38)54(7,8)27-25-52(41,3)4)46-19-13-18-43-50(46)58-49-39(35-14-10-9-11-15-35)16-12-17-42(49)56(43)47-29-34-28-36-30-48(56)55(36,47)33-34/h9-23,31-32,34,36,47-48H,24-30,33H2,1-8H3. The van der Waals surface area contributed by atoms with Crippen LogP contribution in [0.1, 0.15) is 140 Å². The van der Waals surface area contributed by atoms with Gasteiger partial charge in [-0.3, -0.25) is 0 Å². The maximum atomic E-state index is 7.67. The SMILES string of the molecule is CC1(C)CCC(C)(C)c2cc(N(c3ccc4c(c3)C(C)(C)CCC4(C)C)c3cccc4c3Oc3c(-c5ccccc5)cccc3C43C4CC5CC6CC3C64C5)ccc21. The zero-order valence-electron chi connectivity index (χ0n) is 36.1. The van der Waals surface area contributed by atoms with E-state index < -0.39 is 0 Å². The van der Waals surface area contributed by atoms with Crippen molar-refractivity contribution in [3.63, 3.8) is 0 Å². The largest absolute Gasteiger partial charge is 0.454 e. The molecule has 4 fully saturated rings. The molecule has 12 rings (SSSR count). The van der Waals surface area contributed by atoms with Crippen LogP contribution in [0, 0.1) is 29.1 Å². The second-order valence-corrected chi connectivity index (χ2v) is 22.7. The molecular weight excluding hydrogens is 703 g/mol. The van der Waals surface area contributed by atoms with E-state index in [1.807, 2.05) is 0 Å². The zero-order chi connectivity index (χ0) is 39.8. The number of hydrogen-bond acceptors (Lipinski definition) is 2. The quantitative estimate of drug-likeness (QED) is 0.181. The Labute approximate surface area is 347 Å². The smallest absolute Gasteiger partial charge is 0.155 e. The van der Waals surface area contributed by atoms with Crippen LogP contribution in [0.5, 0.6) is 11.5 Å². The summed E-state index contributed by atoms with van der Waals surface area (Å²) in [4.78, 5) is 2.61. The predicted molar refractivity (Wildman–Crippen MR) is 239 cm³/mol. The molecule has 7 aliphatic rings. The maximum absolute atomic E-state index is 7.67. The van der Waals surface area contributed by atoms with Gasteiger partial charge in [0.1, 0.15) is 5.75 Å². The summed E-state index contributed by atoms with van der Waals surface area (Å²) in [7, 11) is 0. The van der Waals surface area contributed by atoms with Crippen LogP contribution in [0.2, 0.25) is 0 Å². The zero-order valence-corrected chi connectivity index (χ0v) is 36.1. The molecule has 6 atom stereocenters. The molecule has 0 radical (unpaired) electrons. The first-order valence-electron chi connectivity index (χ1n) is 22.8. The lowest BCUT2D eigenvalue weighted by molar-refractivity contribution is -0.235. The normalized spacial score (nSPS) is 31.4. The Bertz CT molecular complexity index is 2480. The molecule has 0 aromatic heterocycles. The molecule has 296 valence electrons. The summed E-state index contributed by atoms with van der Waals surface area (Å²) in [5.41, 5.74) is 16.0. The lowest BCUT2D eigenvalue weighted by atomic mass is 9.26. The van der Waals surface area contributed by atoms with Crippen molar-refractivity contribution in [2.45, 2.75) is 134 Å². The fourth-order valence-electron chi connectivity index (χ4n) is 15.0. The Balaban J connectivity index is 1.12. The molecule has 2 bridgehead atoms. The lowest BCUT2D eigenvalue weighted by Crippen LogP contribution is -2.74. The minimum Gasteiger partial charge on any atom is -0.454 e.